The summed E-state index contributed by atoms with van der Waals surface area (Å²) in [6.45, 7) is -0.243. The predicted molar refractivity (Wildman–Crippen MR) is 136 cm³/mol. The number of thiazole rings is 1. The van der Waals surface area contributed by atoms with Crippen LogP contribution in [0.5, 0.6) is 0 Å². The van der Waals surface area contributed by atoms with Crippen LogP contribution in [0.15, 0.2) is 58.4 Å². The summed E-state index contributed by atoms with van der Waals surface area (Å²) >= 11 is 9.04. The summed E-state index contributed by atoms with van der Waals surface area (Å²) in [5, 5.41) is 4.39. The van der Waals surface area contributed by atoms with E-state index in [2.05, 4.69) is 5.32 Å². The van der Waals surface area contributed by atoms with E-state index in [0.717, 1.165) is 27.6 Å². The van der Waals surface area contributed by atoms with Crippen LogP contribution in [-0.2, 0) is 17.5 Å². The lowest BCUT2D eigenvalue weighted by Crippen LogP contribution is -2.34. The number of nitrogens with zero attached hydrogens (tertiary/aromatic N) is 1. The zero-order valence-electron chi connectivity index (χ0n) is 18.9. The van der Waals surface area contributed by atoms with Gasteiger partial charge in [0.25, 0.3) is 0 Å². The van der Waals surface area contributed by atoms with Crippen LogP contribution in [0.25, 0.3) is 0 Å². The largest absolute Gasteiger partial charge is 0.416 e. The van der Waals surface area contributed by atoms with E-state index in [0.29, 0.717) is 28.0 Å². The molecule has 1 aromatic heterocycles. The van der Waals surface area contributed by atoms with Crippen LogP contribution in [0.3, 0.4) is 0 Å². The highest BCUT2D eigenvalue weighted by Gasteiger charge is 2.55. The molecule has 3 aliphatic rings. The van der Waals surface area contributed by atoms with Gasteiger partial charge in [-0.15, -0.1) is 11.8 Å². The molecule has 2 bridgehead atoms. The maximum absolute atomic E-state index is 13.1. The highest BCUT2D eigenvalue weighted by atomic mass is 35.5. The number of aromatic nitrogens is 1. The molecular weight excluding hydrogens is 529 g/mol. The molecule has 188 valence electrons. The van der Waals surface area contributed by atoms with Gasteiger partial charge in [-0.2, -0.15) is 13.2 Å². The quantitative estimate of drug-likeness (QED) is 0.385. The Morgan fingerprint density at radius 1 is 1.11 bits per heavy atom. The molecule has 1 amide bonds. The third-order valence-corrected chi connectivity index (χ3v) is 10.8. The van der Waals surface area contributed by atoms with Gasteiger partial charge in [0.05, 0.1) is 10.6 Å². The number of benzene rings is 2. The molecule has 2 heterocycles. The number of anilines is 1. The number of alkyl halides is 3. The first kappa shape index (κ1) is 24.1. The SMILES string of the molecule is O=C(Cn1c2c(sc1=O)[C@H](c1ccc(Cl)cc1)[C@@H]1[C@@H]3CC[C@@H](C3)[C@@H]1S2)Nc1cccc(C(F)(F)F)c1. The minimum absolute atomic E-state index is 0.0480. The highest BCUT2D eigenvalue weighted by molar-refractivity contribution is 8.00. The molecule has 3 aromatic rings. The van der Waals surface area contributed by atoms with Crippen molar-refractivity contribution in [1.82, 2.24) is 4.57 Å². The van der Waals surface area contributed by atoms with Gasteiger partial charge in [-0.25, -0.2) is 0 Å². The van der Waals surface area contributed by atoms with Crippen molar-refractivity contribution in [3.63, 3.8) is 0 Å². The fraction of sp³-hybridized carbons (Fsp3) is 0.385. The first-order chi connectivity index (χ1) is 17.2. The normalized spacial score (nSPS) is 26.5. The molecule has 36 heavy (non-hydrogen) atoms. The van der Waals surface area contributed by atoms with Gasteiger partial charge in [0.1, 0.15) is 6.54 Å². The average molecular weight is 551 g/mol. The molecule has 4 nitrogen and oxygen atoms in total. The second-order valence-corrected chi connectivity index (χ2v) is 12.4. The van der Waals surface area contributed by atoms with Gasteiger partial charge >= 0.3 is 11.0 Å². The van der Waals surface area contributed by atoms with Gasteiger partial charge in [0, 0.05) is 26.8 Å². The van der Waals surface area contributed by atoms with Gasteiger partial charge < -0.3 is 5.32 Å². The number of hydrogen-bond acceptors (Lipinski definition) is 4. The van der Waals surface area contributed by atoms with Gasteiger partial charge in [-0.3, -0.25) is 14.2 Å². The molecule has 1 N–H and O–H groups in total. The van der Waals surface area contributed by atoms with Gasteiger partial charge in [-0.05, 0) is 72.9 Å². The minimum Gasteiger partial charge on any atom is -0.325 e. The fourth-order valence-corrected chi connectivity index (χ4v) is 9.52. The smallest absolute Gasteiger partial charge is 0.325 e. The Bertz CT molecular complexity index is 1390. The third kappa shape index (κ3) is 4.19. The summed E-state index contributed by atoms with van der Waals surface area (Å²) in [5.41, 5.74) is 0.339. The number of nitrogens with one attached hydrogen (secondary N) is 1. The third-order valence-electron chi connectivity index (χ3n) is 7.70. The van der Waals surface area contributed by atoms with E-state index in [9.17, 15) is 22.8 Å². The van der Waals surface area contributed by atoms with Crippen LogP contribution in [0.4, 0.5) is 18.9 Å². The lowest BCUT2D eigenvalue weighted by molar-refractivity contribution is -0.137. The summed E-state index contributed by atoms with van der Waals surface area (Å²) in [6.07, 6.45) is -0.914. The van der Waals surface area contributed by atoms with E-state index in [1.807, 2.05) is 24.3 Å². The van der Waals surface area contributed by atoms with Crippen molar-refractivity contribution in [2.45, 2.75) is 48.2 Å². The Hall–Kier alpha value is -2.23. The van der Waals surface area contributed by atoms with E-state index in [4.69, 9.17) is 11.6 Å². The van der Waals surface area contributed by atoms with Gasteiger partial charge in [-0.1, -0.05) is 41.1 Å². The Balaban J connectivity index is 1.32. The maximum atomic E-state index is 13.1. The molecule has 2 aliphatic carbocycles. The highest BCUT2D eigenvalue weighted by Crippen LogP contribution is 2.64. The first-order valence-corrected chi connectivity index (χ1v) is 13.9. The van der Waals surface area contributed by atoms with E-state index >= 15 is 0 Å². The number of carbonyl (C=O) groups is 1. The number of hydrogen-bond donors (Lipinski definition) is 1. The fourth-order valence-electron chi connectivity index (χ4n) is 6.25. The van der Waals surface area contributed by atoms with Crippen LogP contribution in [0.1, 0.15) is 41.2 Å². The number of halogens is 4. The summed E-state index contributed by atoms with van der Waals surface area (Å²) in [6, 6.07) is 12.3. The van der Waals surface area contributed by atoms with Crippen LogP contribution in [0, 0.1) is 17.8 Å². The van der Waals surface area contributed by atoms with E-state index in [1.165, 1.54) is 47.3 Å². The molecule has 0 radical (unpaired) electrons. The van der Waals surface area contributed by atoms with Gasteiger partial charge in [0.2, 0.25) is 5.91 Å². The molecule has 10 heteroatoms. The zero-order valence-corrected chi connectivity index (χ0v) is 21.3. The first-order valence-electron chi connectivity index (χ1n) is 11.8. The predicted octanol–water partition coefficient (Wildman–Crippen LogP) is 6.87. The van der Waals surface area contributed by atoms with E-state index in [-0.39, 0.29) is 23.0 Å². The summed E-state index contributed by atoms with van der Waals surface area (Å²) < 4.78 is 40.7. The van der Waals surface area contributed by atoms with Crippen molar-refractivity contribution >= 4 is 46.3 Å². The Labute approximate surface area is 218 Å². The molecule has 5 atom stereocenters. The van der Waals surface area contributed by atoms with Crippen molar-refractivity contribution < 1.29 is 18.0 Å². The van der Waals surface area contributed by atoms with Crippen LogP contribution in [0.2, 0.25) is 5.02 Å². The number of amides is 1. The molecule has 1 aliphatic heterocycles. The van der Waals surface area contributed by atoms with Crippen LogP contribution in [-0.4, -0.2) is 15.7 Å². The van der Waals surface area contributed by atoms with Crippen molar-refractivity contribution in [2.75, 3.05) is 5.32 Å². The van der Waals surface area contributed by atoms with E-state index in [1.54, 1.807) is 11.8 Å². The Morgan fingerprint density at radius 2 is 1.86 bits per heavy atom. The van der Waals surface area contributed by atoms with Crippen LogP contribution >= 0.6 is 34.7 Å². The molecule has 0 saturated heterocycles. The Kier molecular flexibility index (Phi) is 6.00. The van der Waals surface area contributed by atoms with Crippen molar-refractivity contribution in [3.05, 3.63) is 79.2 Å². The van der Waals surface area contributed by atoms with Crippen molar-refractivity contribution in [1.29, 1.82) is 0 Å². The lowest BCUT2D eigenvalue weighted by atomic mass is 9.75. The van der Waals surface area contributed by atoms with E-state index < -0.39 is 17.6 Å². The van der Waals surface area contributed by atoms with Gasteiger partial charge in [0.15, 0.2) is 0 Å². The summed E-state index contributed by atoms with van der Waals surface area (Å²) in [5.74, 6) is 1.19. The van der Waals surface area contributed by atoms with Crippen molar-refractivity contribution in [3.8, 4) is 0 Å². The minimum atomic E-state index is -4.51. The number of rotatable bonds is 4. The molecule has 2 saturated carbocycles. The molecule has 6 rings (SSSR count). The topological polar surface area (TPSA) is 51.1 Å². The average Bonchev–Trinajstić information content (AvgIpc) is 3.52. The molecule has 0 unspecified atom stereocenters. The monoisotopic (exact) mass is 550 g/mol. The zero-order chi connectivity index (χ0) is 25.2. The van der Waals surface area contributed by atoms with Crippen LogP contribution < -0.4 is 10.2 Å². The van der Waals surface area contributed by atoms with Crippen molar-refractivity contribution in [2.24, 2.45) is 17.8 Å². The second kappa shape index (κ2) is 8.96. The molecule has 2 fully saturated rings. The maximum Gasteiger partial charge on any atom is 0.416 e. The Morgan fingerprint density at radius 3 is 2.61 bits per heavy atom. The standard InChI is InChI=1S/C26H22ClF3N2O2S2/c27-17-8-6-13(7-9-17)20-21-14-4-5-15(10-14)22(21)35-24-23(20)36-25(34)32(24)12-19(33)31-18-3-1-2-16(11-18)26(28,29)30/h1-3,6-9,11,14-15,20-22H,4-5,10,12H2,(H,31,33)/t14-,15+,20-,21+,22+/m1/s1. The summed E-state index contributed by atoms with van der Waals surface area (Å²) in [4.78, 5) is 26.7. The number of carbonyl (C=O) groups excluding carboxylic acids is 1. The molecule has 0 spiro atoms. The number of thioether (sulfide) groups is 1. The lowest BCUT2D eigenvalue weighted by Gasteiger charge is -2.40. The molecular formula is C26H22ClF3N2O2S2. The summed E-state index contributed by atoms with van der Waals surface area (Å²) in [7, 11) is 0. The molecule has 2 aromatic carbocycles. The second-order valence-electron chi connectivity index (χ2n) is 9.77. The number of fused-ring (bicyclic) bond motifs is 6.